The van der Waals surface area contributed by atoms with Gasteiger partial charge in [-0.25, -0.2) is 4.98 Å². The van der Waals surface area contributed by atoms with E-state index in [0.717, 1.165) is 36.9 Å². The fourth-order valence-electron chi connectivity index (χ4n) is 3.13. The first kappa shape index (κ1) is 17.3. The van der Waals surface area contributed by atoms with Crippen LogP contribution in [0.4, 0.5) is 5.69 Å². The van der Waals surface area contributed by atoms with Gasteiger partial charge >= 0.3 is 0 Å². The van der Waals surface area contributed by atoms with E-state index in [-0.39, 0.29) is 0 Å². The molecule has 2 heterocycles. The Morgan fingerprint density at radius 1 is 1.28 bits per heavy atom. The van der Waals surface area contributed by atoms with Crippen molar-refractivity contribution in [2.75, 3.05) is 25.5 Å². The molecule has 134 valence electrons. The Hall–Kier alpha value is -2.50. The second kappa shape index (κ2) is 7.59. The lowest BCUT2D eigenvalue weighted by Gasteiger charge is -2.28. The molecule has 6 nitrogen and oxygen atoms in total. The summed E-state index contributed by atoms with van der Waals surface area (Å²) in [6, 6.07) is 6.70. The van der Waals surface area contributed by atoms with Gasteiger partial charge in [0.25, 0.3) is 0 Å². The van der Waals surface area contributed by atoms with Crippen molar-refractivity contribution < 1.29 is 4.42 Å². The molecule has 0 spiro atoms. The molecule has 0 aliphatic carbocycles. The number of nitrogens with zero attached hydrogens (tertiary/aromatic N) is 3. The molecular weight excluding hydrogens is 314 g/mol. The highest BCUT2D eigenvalue weighted by Gasteiger charge is 2.13. The van der Waals surface area contributed by atoms with Gasteiger partial charge in [-0.05, 0) is 43.9 Å². The largest absolute Gasteiger partial charge is 0.444 e. The monoisotopic (exact) mass is 341 g/mol. The molecule has 2 aromatic rings. The summed E-state index contributed by atoms with van der Waals surface area (Å²) in [5.74, 6) is 2.27. The number of hydrogen-bond donors (Lipinski definition) is 2. The molecule has 0 amide bonds. The maximum atomic E-state index is 5.58. The average Bonchev–Trinajstić information content (AvgIpc) is 2.93. The Bertz CT molecular complexity index is 746. The van der Waals surface area contributed by atoms with E-state index in [1.807, 2.05) is 13.8 Å². The van der Waals surface area contributed by atoms with E-state index in [1.54, 1.807) is 7.05 Å². The molecule has 2 N–H and O–H groups in total. The molecule has 1 aromatic heterocycles. The highest BCUT2D eigenvalue weighted by Crippen LogP contribution is 2.26. The predicted octanol–water partition coefficient (Wildman–Crippen LogP) is 2.54. The van der Waals surface area contributed by atoms with Crippen LogP contribution in [0.15, 0.2) is 27.6 Å². The van der Waals surface area contributed by atoms with Gasteiger partial charge in [0.2, 0.25) is 5.89 Å². The molecule has 0 saturated heterocycles. The van der Waals surface area contributed by atoms with E-state index in [2.05, 4.69) is 50.8 Å². The van der Waals surface area contributed by atoms with Crippen molar-refractivity contribution in [2.24, 2.45) is 4.99 Å². The van der Waals surface area contributed by atoms with Crippen LogP contribution in [0, 0.1) is 13.8 Å². The van der Waals surface area contributed by atoms with E-state index >= 15 is 0 Å². The number of aryl methyl sites for hydroxylation is 3. The Balaban J connectivity index is 1.56. The number of anilines is 1. The van der Waals surface area contributed by atoms with Gasteiger partial charge in [0.15, 0.2) is 5.96 Å². The lowest BCUT2D eigenvalue weighted by molar-refractivity contribution is 0.463. The fraction of sp³-hybridized carbons (Fsp3) is 0.474. The number of fused-ring (bicyclic) bond motifs is 1. The average molecular weight is 341 g/mol. The number of oxazole rings is 1. The molecule has 0 unspecified atom stereocenters. The van der Waals surface area contributed by atoms with Crippen molar-refractivity contribution in [2.45, 2.75) is 39.8 Å². The van der Waals surface area contributed by atoms with Crippen molar-refractivity contribution >= 4 is 11.6 Å². The van der Waals surface area contributed by atoms with Gasteiger partial charge in [0.05, 0.1) is 12.2 Å². The molecule has 0 saturated carbocycles. The molecule has 1 aromatic carbocycles. The van der Waals surface area contributed by atoms with E-state index in [0.29, 0.717) is 12.4 Å². The van der Waals surface area contributed by atoms with Crippen LogP contribution in [0.25, 0.3) is 0 Å². The summed E-state index contributed by atoms with van der Waals surface area (Å²) in [7, 11) is 3.93. The maximum absolute atomic E-state index is 5.58. The van der Waals surface area contributed by atoms with E-state index in [4.69, 9.17) is 4.42 Å². The molecule has 0 atom stereocenters. The summed E-state index contributed by atoms with van der Waals surface area (Å²) < 4.78 is 5.58. The molecule has 3 rings (SSSR count). The summed E-state index contributed by atoms with van der Waals surface area (Å²) in [5.41, 5.74) is 4.98. The lowest BCUT2D eigenvalue weighted by Crippen LogP contribution is -2.36. The minimum Gasteiger partial charge on any atom is -0.444 e. The van der Waals surface area contributed by atoms with Gasteiger partial charge in [0.1, 0.15) is 5.76 Å². The van der Waals surface area contributed by atoms with E-state index < -0.39 is 0 Å². The van der Waals surface area contributed by atoms with Crippen molar-refractivity contribution in [1.82, 2.24) is 15.6 Å². The maximum Gasteiger partial charge on any atom is 0.214 e. The summed E-state index contributed by atoms with van der Waals surface area (Å²) in [5, 5.41) is 6.59. The zero-order valence-electron chi connectivity index (χ0n) is 15.5. The summed E-state index contributed by atoms with van der Waals surface area (Å²) in [6.07, 6.45) is 2.38. The highest BCUT2D eigenvalue weighted by molar-refractivity contribution is 5.79. The Labute approximate surface area is 149 Å². The minimum absolute atomic E-state index is 0.517. The number of hydrogen-bond acceptors (Lipinski definition) is 4. The van der Waals surface area contributed by atoms with Crippen LogP contribution in [-0.4, -0.2) is 31.6 Å². The quantitative estimate of drug-likeness (QED) is 0.661. The topological polar surface area (TPSA) is 65.7 Å². The van der Waals surface area contributed by atoms with Gasteiger partial charge in [-0.2, -0.15) is 0 Å². The SMILES string of the molecule is CN=C(NCc1ccc2c(c1)CCCN2C)NCc1nc(C)c(C)o1. The molecule has 6 heteroatoms. The predicted molar refractivity (Wildman–Crippen MR) is 101 cm³/mol. The molecule has 0 bridgehead atoms. The third kappa shape index (κ3) is 4.13. The Kier molecular flexibility index (Phi) is 5.26. The first-order valence-electron chi connectivity index (χ1n) is 8.77. The second-order valence-electron chi connectivity index (χ2n) is 6.52. The summed E-state index contributed by atoms with van der Waals surface area (Å²) in [6.45, 7) is 6.26. The number of aliphatic imine (C=N–C) groups is 1. The lowest BCUT2D eigenvalue weighted by atomic mass is 9.99. The zero-order chi connectivity index (χ0) is 17.8. The fourth-order valence-corrected chi connectivity index (χ4v) is 3.13. The number of guanidine groups is 1. The van der Waals surface area contributed by atoms with Crippen LogP contribution >= 0.6 is 0 Å². The zero-order valence-corrected chi connectivity index (χ0v) is 15.5. The first-order valence-corrected chi connectivity index (χ1v) is 8.77. The van der Waals surface area contributed by atoms with Crippen molar-refractivity contribution in [1.29, 1.82) is 0 Å². The second-order valence-corrected chi connectivity index (χ2v) is 6.52. The normalized spacial score (nSPS) is 14.4. The summed E-state index contributed by atoms with van der Waals surface area (Å²) >= 11 is 0. The molecule has 0 radical (unpaired) electrons. The molecular formula is C19H27N5O. The van der Waals surface area contributed by atoms with Crippen LogP contribution in [0.1, 0.15) is 34.9 Å². The van der Waals surface area contributed by atoms with Gasteiger partial charge in [0, 0.05) is 32.9 Å². The smallest absolute Gasteiger partial charge is 0.214 e. The van der Waals surface area contributed by atoms with Crippen LogP contribution < -0.4 is 15.5 Å². The van der Waals surface area contributed by atoms with Crippen LogP contribution in [0.3, 0.4) is 0 Å². The van der Waals surface area contributed by atoms with Gasteiger partial charge in [-0.1, -0.05) is 12.1 Å². The third-order valence-corrected chi connectivity index (χ3v) is 4.66. The number of rotatable bonds is 4. The highest BCUT2D eigenvalue weighted by atomic mass is 16.4. The van der Waals surface area contributed by atoms with Crippen molar-refractivity contribution in [3.63, 3.8) is 0 Å². The Morgan fingerprint density at radius 2 is 2.08 bits per heavy atom. The summed E-state index contributed by atoms with van der Waals surface area (Å²) in [4.78, 5) is 11.0. The van der Waals surface area contributed by atoms with Crippen LogP contribution in [-0.2, 0) is 19.5 Å². The van der Waals surface area contributed by atoms with Gasteiger partial charge < -0.3 is 20.0 Å². The van der Waals surface area contributed by atoms with Gasteiger partial charge in [-0.15, -0.1) is 0 Å². The van der Waals surface area contributed by atoms with E-state index in [1.165, 1.54) is 23.2 Å². The minimum atomic E-state index is 0.517. The van der Waals surface area contributed by atoms with Crippen LogP contribution in [0.5, 0.6) is 0 Å². The van der Waals surface area contributed by atoms with Crippen LogP contribution in [0.2, 0.25) is 0 Å². The standard InChI is InChI=1S/C19H27N5O/c1-13-14(2)25-18(23-13)12-22-19(20-3)21-11-15-7-8-17-16(10-15)6-5-9-24(17)4/h7-8,10H,5-6,9,11-12H2,1-4H3,(H2,20,21,22). The Morgan fingerprint density at radius 3 is 2.80 bits per heavy atom. The third-order valence-electron chi connectivity index (χ3n) is 4.66. The molecule has 25 heavy (non-hydrogen) atoms. The first-order chi connectivity index (χ1) is 12.1. The number of benzene rings is 1. The molecule has 0 fully saturated rings. The molecule has 1 aliphatic rings. The van der Waals surface area contributed by atoms with E-state index in [9.17, 15) is 0 Å². The number of aromatic nitrogens is 1. The van der Waals surface area contributed by atoms with Crippen molar-refractivity contribution in [3.05, 3.63) is 46.7 Å². The van der Waals surface area contributed by atoms with Gasteiger partial charge in [-0.3, -0.25) is 4.99 Å². The molecule has 1 aliphatic heterocycles. The number of nitrogens with one attached hydrogen (secondary N) is 2. The van der Waals surface area contributed by atoms with Crippen molar-refractivity contribution in [3.8, 4) is 0 Å².